The Hall–Kier alpha value is -0.240. The highest BCUT2D eigenvalue weighted by atomic mass is 16.5. The van der Waals surface area contributed by atoms with Gasteiger partial charge in [0.1, 0.15) is 6.10 Å². The third-order valence-corrected chi connectivity index (χ3v) is 3.03. The lowest BCUT2D eigenvalue weighted by Crippen LogP contribution is -2.28. The van der Waals surface area contributed by atoms with Gasteiger partial charge in [-0.15, -0.1) is 0 Å². The highest BCUT2D eigenvalue weighted by Gasteiger charge is 2.13. The first kappa shape index (κ1) is 19.8. The van der Waals surface area contributed by atoms with E-state index < -0.39 is 12.2 Å². The first-order valence-corrected chi connectivity index (χ1v) is 7.45. The van der Waals surface area contributed by atoms with E-state index >= 15 is 0 Å². The summed E-state index contributed by atoms with van der Waals surface area (Å²) < 4.78 is 10.4. The van der Waals surface area contributed by atoms with Crippen LogP contribution in [-0.4, -0.2) is 72.3 Å². The summed E-state index contributed by atoms with van der Waals surface area (Å²) in [5.41, 5.74) is 0. The second-order valence-corrected chi connectivity index (χ2v) is 4.82. The van der Waals surface area contributed by atoms with Crippen molar-refractivity contribution in [2.45, 2.75) is 50.7 Å². The minimum absolute atomic E-state index is 0.0457. The van der Waals surface area contributed by atoms with Gasteiger partial charge in [-0.1, -0.05) is 25.7 Å². The van der Waals surface area contributed by atoms with E-state index in [-0.39, 0.29) is 13.2 Å². The third-order valence-electron chi connectivity index (χ3n) is 3.03. The lowest BCUT2D eigenvalue weighted by atomic mass is 10.0. The third kappa shape index (κ3) is 12.8. The van der Waals surface area contributed by atoms with Crippen molar-refractivity contribution in [3.63, 3.8) is 0 Å². The largest absolute Gasteiger partial charge is 0.394 e. The summed E-state index contributed by atoms with van der Waals surface area (Å²) in [6.45, 7) is 1.82. The number of aliphatic hydroxyl groups excluding tert-OH is 4. The molecule has 0 aliphatic carbocycles. The first-order chi connectivity index (χ1) is 9.72. The lowest BCUT2D eigenvalue weighted by molar-refractivity contribution is -0.0185. The quantitative estimate of drug-likeness (QED) is 0.319. The Kier molecular flexibility index (Phi) is 15.0. The minimum atomic E-state index is -1.02. The van der Waals surface area contributed by atoms with Gasteiger partial charge in [-0.3, -0.25) is 0 Å². The van der Waals surface area contributed by atoms with E-state index in [0.29, 0.717) is 32.8 Å². The van der Waals surface area contributed by atoms with Crippen LogP contribution in [0, 0.1) is 0 Å². The van der Waals surface area contributed by atoms with E-state index in [1.54, 1.807) is 0 Å². The molecule has 0 saturated heterocycles. The van der Waals surface area contributed by atoms with Crippen molar-refractivity contribution in [2.24, 2.45) is 0 Å². The molecular weight excluding hydrogens is 264 g/mol. The topological polar surface area (TPSA) is 99.4 Å². The minimum Gasteiger partial charge on any atom is -0.394 e. The molecule has 0 rings (SSSR count). The van der Waals surface area contributed by atoms with Crippen LogP contribution in [0.2, 0.25) is 0 Å². The second kappa shape index (κ2) is 15.2. The summed E-state index contributed by atoms with van der Waals surface area (Å²) in [6.07, 6.45) is 3.71. The maximum Gasteiger partial charge on any atom is 0.103 e. The molecule has 20 heavy (non-hydrogen) atoms. The van der Waals surface area contributed by atoms with E-state index in [2.05, 4.69) is 0 Å². The number of rotatable bonds is 15. The molecule has 0 aromatic carbocycles. The Balaban J connectivity index is 3.10. The Bertz CT molecular complexity index is 191. The standard InChI is InChI=1S/C14H30O6/c15-7-9-20-11-10-19-8-5-3-1-2-4-6-13(17)14(18)12-16/h13-18H,1-12H2. The molecule has 0 fully saturated rings. The molecule has 0 spiro atoms. The van der Waals surface area contributed by atoms with Gasteiger partial charge in [0, 0.05) is 6.61 Å². The molecule has 0 aliphatic heterocycles. The molecule has 0 aromatic heterocycles. The zero-order valence-electron chi connectivity index (χ0n) is 12.2. The fourth-order valence-corrected chi connectivity index (χ4v) is 1.79. The van der Waals surface area contributed by atoms with Crippen molar-refractivity contribution < 1.29 is 29.9 Å². The van der Waals surface area contributed by atoms with Gasteiger partial charge < -0.3 is 29.9 Å². The molecule has 6 heteroatoms. The number of unbranched alkanes of at least 4 members (excludes halogenated alkanes) is 4. The van der Waals surface area contributed by atoms with Crippen molar-refractivity contribution in [1.29, 1.82) is 0 Å². The molecule has 0 heterocycles. The Morgan fingerprint density at radius 3 is 1.90 bits per heavy atom. The summed E-state index contributed by atoms with van der Waals surface area (Å²) in [5, 5.41) is 35.7. The van der Waals surface area contributed by atoms with Gasteiger partial charge in [-0.25, -0.2) is 0 Å². The maximum atomic E-state index is 9.42. The molecule has 2 unspecified atom stereocenters. The average molecular weight is 294 g/mol. The van der Waals surface area contributed by atoms with Crippen LogP contribution in [0.25, 0.3) is 0 Å². The van der Waals surface area contributed by atoms with Crippen molar-refractivity contribution in [1.82, 2.24) is 0 Å². The second-order valence-electron chi connectivity index (χ2n) is 4.82. The van der Waals surface area contributed by atoms with Crippen LogP contribution < -0.4 is 0 Å². The van der Waals surface area contributed by atoms with Crippen LogP contribution in [-0.2, 0) is 9.47 Å². The molecule has 0 saturated carbocycles. The summed E-state index contributed by atoms with van der Waals surface area (Å²) in [7, 11) is 0. The van der Waals surface area contributed by atoms with Gasteiger partial charge in [-0.2, -0.15) is 0 Å². The zero-order chi connectivity index (χ0) is 15.1. The van der Waals surface area contributed by atoms with Gasteiger partial charge in [0.2, 0.25) is 0 Å². The van der Waals surface area contributed by atoms with E-state index in [1.165, 1.54) is 0 Å². The maximum absolute atomic E-state index is 9.42. The van der Waals surface area contributed by atoms with Gasteiger partial charge in [0.05, 0.1) is 39.1 Å². The number of hydrogen-bond acceptors (Lipinski definition) is 6. The number of hydrogen-bond donors (Lipinski definition) is 4. The molecule has 0 aliphatic rings. The van der Waals surface area contributed by atoms with Gasteiger partial charge in [0.25, 0.3) is 0 Å². The van der Waals surface area contributed by atoms with Crippen LogP contribution in [0.15, 0.2) is 0 Å². The smallest absolute Gasteiger partial charge is 0.103 e. The molecular formula is C14H30O6. The average Bonchev–Trinajstić information content (AvgIpc) is 2.47. The fraction of sp³-hybridized carbons (Fsp3) is 1.00. The molecule has 2 atom stereocenters. The molecule has 0 radical (unpaired) electrons. The number of aliphatic hydroxyl groups is 4. The first-order valence-electron chi connectivity index (χ1n) is 7.45. The van der Waals surface area contributed by atoms with Crippen LogP contribution in [0.5, 0.6) is 0 Å². The number of ether oxygens (including phenoxy) is 2. The predicted molar refractivity (Wildman–Crippen MR) is 75.5 cm³/mol. The monoisotopic (exact) mass is 294 g/mol. The van der Waals surface area contributed by atoms with Crippen LogP contribution >= 0.6 is 0 Å². The SMILES string of the molecule is OCCOCCOCCCCCCCC(O)C(O)CO. The Morgan fingerprint density at radius 1 is 0.650 bits per heavy atom. The van der Waals surface area contributed by atoms with Crippen molar-refractivity contribution in [2.75, 3.05) is 39.6 Å². The molecule has 6 nitrogen and oxygen atoms in total. The van der Waals surface area contributed by atoms with Crippen molar-refractivity contribution >= 4 is 0 Å². The normalized spacial score (nSPS) is 14.4. The van der Waals surface area contributed by atoms with E-state index in [1.807, 2.05) is 0 Å². The summed E-state index contributed by atoms with van der Waals surface area (Å²) in [5.74, 6) is 0. The van der Waals surface area contributed by atoms with Gasteiger partial charge in [0.15, 0.2) is 0 Å². The van der Waals surface area contributed by atoms with Gasteiger partial charge >= 0.3 is 0 Å². The predicted octanol–water partition coefficient (Wildman–Crippen LogP) is 0.0666. The fourth-order valence-electron chi connectivity index (χ4n) is 1.79. The molecule has 4 N–H and O–H groups in total. The van der Waals surface area contributed by atoms with E-state index in [9.17, 15) is 5.11 Å². The summed E-state index contributed by atoms with van der Waals surface area (Å²) >= 11 is 0. The zero-order valence-corrected chi connectivity index (χ0v) is 12.2. The molecule has 0 bridgehead atoms. The van der Waals surface area contributed by atoms with Gasteiger partial charge in [-0.05, 0) is 12.8 Å². The molecule has 0 amide bonds. The highest BCUT2D eigenvalue weighted by Crippen LogP contribution is 2.09. The van der Waals surface area contributed by atoms with Crippen LogP contribution in [0.1, 0.15) is 38.5 Å². The van der Waals surface area contributed by atoms with E-state index in [0.717, 1.165) is 32.1 Å². The van der Waals surface area contributed by atoms with Crippen LogP contribution in [0.3, 0.4) is 0 Å². The van der Waals surface area contributed by atoms with Crippen molar-refractivity contribution in [3.05, 3.63) is 0 Å². The lowest BCUT2D eigenvalue weighted by Gasteiger charge is -2.14. The van der Waals surface area contributed by atoms with E-state index in [4.69, 9.17) is 24.8 Å². The Labute approximate surface area is 121 Å². The summed E-state index contributed by atoms with van der Waals surface area (Å²) in [6, 6.07) is 0. The Morgan fingerprint density at radius 2 is 1.25 bits per heavy atom. The molecule has 122 valence electrons. The van der Waals surface area contributed by atoms with Crippen molar-refractivity contribution in [3.8, 4) is 0 Å². The summed E-state index contributed by atoms with van der Waals surface area (Å²) in [4.78, 5) is 0. The highest BCUT2D eigenvalue weighted by molar-refractivity contribution is 4.65. The molecule has 0 aromatic rings. The van der Waals surface area contributed by atoms with Crippen LogP contribution in [0.4, 0.5) is 0 Å².